The van der Waals surface area contributed by atoms with Crippen molar-refractivity contribution in [3.8, 4) is 0 Å². The predicted octanol–water partition coefficient (Wildman–Crippen LogP) is 2.26. The first kappa shape index (κ1) is 26.1. The van der Waals surface area contributed by atoms with E-state index in [1.165, 1.54) is 18.2 Å². The number of carbonyl (C=O) groups excluding carboxylic acids is 2. The van der Waals surface area contributed by atoms with E-state index in [2.05, 4.69) is 10.6 Å². The summed E-state index contributed by atoms with van der Waals surface area (Å²) in [6.45, 7) is 6.08. The van der Waals surface area contributed by atoms with Crippen LogP contribution in [0.15, 0.2) is 29.2 Å². The van der Waals surface area contributed by atoms with Crippen LogP contribution >= 0.6 is 0 Å². The Balaban J connectivity index is 1.79. The van der Waals surface area contributed by atoms with Crippen molar-refractivity contribution >= 4 is 27.3 Å². The molecule has 1 aromatic rings. The molecule has 0 atom stereocenters. The summed E-state index contributed by atoms with van der Waals surface area (Å²) >= 11 is 0. The van der Waals surface area contributed by atoms with Crippen molar-refractivity contribution in [1.82, 2.24) is 10.2 Å². The van der Waals surface area contributed by atoms with Gasteiger partial charge in [-0.1, -0.05) is 12.1 Å². The number of benzene rings is 1. The van der Waals surface area contributed by atoms with Crippen LogP contribution in [0.1, 0.15) is 33.1 Å². The number of sulfone groups is 1. The number of nitrogens with zero attached hydrogens (tertiary/aromatic N) is 1. The van der Waals surface area contributed by atoms with E-state index < -0.39 is 26.4 Å². The summed E-state index contributed by atoms with van der Waals surface area (Å²) in [5, 5.41) is 5.33. The van der Waals surface area contributed by atoms with E-state index >= 15 is 0 Å². The van der Waals surface area contributed by atoms with Gasteiger partial charge in [-0.25, -0.2) is 8.42 Å². The molecule has 1 aliphatic heterocycles. The molecule has 0 saturated carbocycles. The van der Waals surface area contributed by atoms with Gasteiger partial charge in [-0.2, -0.15) is 8.78 Å². The van der Waals surface area contributed by atoms with E-state index in [0.29, 0.717) is 39.1 Å². The normalized spacial score (nSPS) is 15.8. The SMILES string of the molecule is CC(C)OCCCNC(=O)C1CCN(CC(=O)Nc2ccccc2S(=O)(=O)C(F)F)CC1. The number of ether oxygens (including phenoxy) is 1. The fourth-order valence-electron chi connectivity index (χ4n) is 3.41. The zero-order valence-electron chi connectivity index (χ0n) is 18.4. The zero-order chi connectivity index (χ0) is 23.7. The molecule has 0 bridgehead atoms. The average Bonchev–Trinajstić information content (AvgIpc) is 2.73. The number of rotatable bonds is 11. The van der Waals surface area contributed by atoms with Crippen molar-refractivity contribution in [2.24, 2.45) is 5.92 Å². The predicted molar refractivity (Wildman–Crippen MR) is 116 cm³/mol. The number of alkyl halides is 2. The van der Waals surface area contributed by atoms with Crippen LogP contribution in [0.25, 0.3) is 0 Å². The quantitative estimate of drug-likeness (QED) is 0.476. The third-order valence-electron chi connectivity index (χ3n) is 5.10. The molecule has 2 rings (SSSR count). The Bertz CT molecular complexity index is 872. The summed E-state index contributed by atoms with van der Waals surface area (Å²) in [5.74, 6) is -4.22. The topological polar surface area (TPSA) is 105 Å². The van der Waals surface area contributed by atoms with Gasteiger partial charge in [0.15, 0.2) is 0 Å². The van der Waals surface area contributed by atoms with Crippen LogP contribution in [0.4, 0.5) is 14.5 Å². The van der Waals surface area contributed by atoms with Crippen molar-refractivity contribution in [3.05, 3.63) is 24.3 Å². The highest BCUT2D eigenvalue weighted by Crippen LogP contribution is 2.26. The first-order valence-corrected chi connectivity index (χ1v) is 12.2. The number of amides is 2. The number of hydrogen-bond donors (Lipinski definition) is 2. The lowest BCUT2D eigenvalue weighted by molar-refractivity contribution is -0.126. The smallest absolute Gasteiger partial charge is 0.341 e. The third kappa shape index (κ3) is 7.79. The van der Waals surface area contributed by atoms with Crippen molar-refractivity contribution in [1.29, 1.82) is 0 Å². The minimum atomic E-state index is -4.83. The summed E-state index contributed by atoms with van der Waals surface area (Å²) < 4.78 is 54.8. The van der Waals surface area contributed by atoms with Crippen LogP contribution < -0.4 is 10.6 Å². The molecule has 8 nitrogen and oxygen atoms in total. The number of hydrogen-bond acceptors (Lipinski definition) is 6. The Morgan fingerprint density at radius 3 is 2.47 bits per heavy atom. The van der Waals surface area contributed by atoms with Gasteiger partial charge in [-0.15, -0.1) is 0 Å². The second-order valence-electron chi connectivity index (χ2n) is 7.96. The first-order valence-electron chi connectivity index (χ1n) is 10.6. The second kappa shape index (κ2) is 12.2. The van der Waals surface area contributed by atoms with E-state index in [-0.39, 0.29) is 30.2 Å². The van der Waals surface area contributed by atoms with Gasteiger partial charge < -0.3 is 15.4 Å². The number of piperidine rings is 1. The van der Waals surface area contributed by atoms with Crippen LogP contribution in [0, 0.1) is 5.92 Å². The largest absolute Gasteiger partial charge is 0.379 e. The Morgan fingerprint density at radius 1 is 1.19 bits per heavy atom. The van der Waals surface area contributed by atoms with E-state index in [9.17, 15) is 26.8 Å². The summed E-state index contributed by atoms with van der Waals surface area (Å²) in [6.07, 6.45) is 2.09. The molecule has 0 aromatic heterocycles. The molecule has 0 unspecified atom stereocenters. The molecule has 1 heterocycles. The fourth-order valence-corrected chi connectivity index (χ4v) is 4.29. The molecule has 2 N–H and O–H groups in total. The van der Waals surface area contributed by atoms with Gasteiger partial charge >= 0.3 is 5.76 Å². The minimum Gasteiger partial charge on any atom is -0.379 e. The van der Waals surface area contributed by atoms with E-state index in [4.69, 9.17) is 4.74 Å². The number of likely N-dealkylation sites (tertiary alicyclic amines) is 1. The first-order chi connectivity index (χ1) is 15.1. The lowest BCUT2D eigenvalue weighted by Crippen LogP contribution is -2.43. The molecule has 1 fully saturated rings. The van der Waals surface area contributed by atoms with E-state index in [1.807, 2.05) is 18.7 Å². The maximum Gasteiger partial charge on any atom is 0.341 e. The molecule has 32 heavy (non-hydrogen) atoms. The van der Waals surface area contributed by atoms with Gasteiger partial charge in [0, 0.05) is 19.1 Å². The Kier molecular flexibility index (Phi) is 9.98. The van der Waals surface area contributed by atoms with E-state index in [1.54, 1.807) is 0 Å². The minimum absolute atomic E-state index is 0.00946. The molecule has 180 valence electrons. The molecule has 0 aliphatic carbocycles. The second-order valence-corrected chi connectivity index (χ2v) is 9.85. The summed E-state index contributed by atoms with van der Waals surface area (Å²) in [7, 11) is -4.83. The van der Waals surface area contributed by atoms with E-state index in [0.717, 1.165) is 12.5 Å². The van der Waals surface area contributed by atoms with Crippen LogP contribution in [-0.2, 0) is 24.2 Å². The van der Waals surface area contributed by atoms with Crippen LogP contribution in [-0.4, -0.2) is 69.8 Å². The maximum absolute atomic E-state index is 12.9. The zero-order valence-corrected chi connectivity index (χ0v) is 19.2. The molecule has 1 aromatic carbocycles. The molecule has 1 aliphatic rings. The summed E-state index contributed by atoms with van der Waals surface area (Å²) in [5.41, 5.74) is -0.173. The number of nitrogens with one attached hydrogen (secondary N) is 2. The Labute approximate surface area is 187 Å². The highest BCUT2D eigenvalue weighted by molar-refractivity contribution is 7.91. The van der Waals surface area contributed by atoms with Crippen LogP contribution in [0.2, 0.25) is 0 Å². The summed E-state index contributed by atoms with van der Waals surface area (Å²) in [6, 6.07) is 5.09. The molecular formula is C21H31F2N3O5S. The van der Waals surface area contributed by atoms with Gasteiger partial charge in [0.05, 0.1) is 23.2 Å². The van der Waals surface area contributed by atoms with Crippen molar-refractivity contribution in [2.45, 2.75) is 49.9 Å². The third-order valence-corrected chi connectivity index (χ3v) is 6.54. The number of anilines is 1. The summed E-state index contributed by atoms with van der Waals surface area (Å²) in [4.78, 5) is 25.9. The lowest BCUT2D eigenvalue weighted by Gasteiger charge is -2.30. The van der Waals surface area contributed by atoms with Crippen LogP contribution in [0.5, 0.6) is 0 Å². The average molecular weight is 476 g/mol. The van der Waals surface area contributed by atoms with Gasteiger partial charge in [-0.3, -0.25) is 14.5 Å². The number of halogens is 2. The van der Waals surface area contributed by atoms with Crippen molar-refractivity contribution in [3.63, 3.8) is 0 Å². The maximum atomic E-state index is 12.9. The molecular weight excluding hydrogens is 444 g/mol. The lowest BCUT2D eigenvalue weighted by atomic mass is 9.96. The monoisotopic (exact) mass is 475 g/mol. The van der Waals surface area contributed by atoms with Gasteiger partial charge in [0.2, 0.25) is 21.7 Å². The van der Waals surface area contributed by atoms with Gasteiger partial charge in [0.1, 0.15) is 0 Å². The van der Waals surface area contributed by atoms with Crippen molar-refractivity contribution < 1.29 is 31.5 Å². The van der Waals surface area contributed by atoms with Gasteiger partial charge in [0.25, 0.3) is 0 Å². The van der Waals surface area contributed by atoms with Crippen molar-refractivity contribution in [2.75, 3.05) is 38.1 Å². The standard InChI is InChI=1S/C21H31F2N3O5S/c1-15(2)31-13-5-10-24-20(28)16-8-11-26(12-9-16)14-19(27)25-17-6-3-4-7-18(17)32(29,30)21(22)23/h3-4,6-7,15-16,21H,5,8-14H2,1-2H3,(H,24,28)(H,25,27). The molecule has 11 heteroatoms. The van der Waals surface area contributed by atoms with Crippen LogP contribution in [0.3, 0.4) is 0 Å². The number of para-hydroxylation sites is 1. The van der Waals surface area contributed by atoms with Gasteiger partial charge in [-0.05, 0) is 58.3 Å². The molecule has 0 radical (unpaired) electrons. The highest BCUT2D eigenvalue weighted by Gasteiger charge is 2.30. The molecule has 1 saturated heterocycles. The molecule has 2 amide bonds. The molecule has 0 spiro atoms. The fraction of sp³-hybridized carbons (Fsp3) is 0.619. The number of carbonyl (C=O) groups is 2. The Morgan fingerprint density at radius 2 is 1.84 bits per heavy atom. The Hall–Kier alpha value is -2.11. The highest BCUT2D eigenvalue weighted by atomic mass is 32.2.